The van der Waals surface area contributed by atoms with Crippen molar-refractivity contribution >= 4 is 34.3 Å². The van der Waals surface area contributed by atoms with Crippen LogP contribution in [0.4, 0.5) is 11.4 Å². The predicted molar refractivity (Wildman–Crippen MR) is 254 cm³/mol. The van der Waals surface area contributed by atoms with E-state index in [1.807, 2.05) is 91.0 Å². The van der Waals surface area contributed by atoms with Crippen LogP contribution in [0.1, 0.15) is 28.7 Å². The zero-order valence-corrected chi connectivity index (χ0v) is 37.8. The molecule has 5 aromatic carbocycles. The molecule has 3 aliphatic heterocycles. The summed E-state index contributed by atoms with van der Waals surface area (Å²) in [6, 6.07) is 28.9. The number of rotatable bonds is 4. The first-order valence-corrected chi connectivity index (χ1v) is 22.9. The topological polar surface area (TPSA) is 146 Å². The van der Waals surface area contributed by atoms with Crippen molar-refractivity contribution in [1.29, 1.82) is 0 Å². The summed E-state index contributed by atoms with van der Waals surface area (Å²) in [7, 11) is 0. The fourth-order valence-corrected chi connectivity index (χ4v) is 7.25. The van der Waals surface area contributed by atoms with Crippen LogP contribution in [-0.4, -0.2) is 124 Å². The Kier molecular flexibility index (Phi) is 20.1. The van der Waals surface area contributed by atoms with Gasteiger partial charge in [0.25, 0.3) is 0 Å². The molecule has 0 aromatic heterocycles. The molecule has 3 heterocycles. The smallest absolute Gasteiger partial charge is 0.135 e. The summed E-state index contributed by atoms with van der Waals surface area (Å²) in [5, 5.41) is 10.9. The van der Waals surface area contributed by atoms with Crippen molar-refractivity contribution in [2.45, 2.75) is 6.42 Å². The quantitative estimate of drug-likeness (QED) is 0.0727. The molecule has 0 radical (unpaired) electrons. The Bertz CT molecular complexity index is 2390. The second kappa shape index (κ2) is 27.6. The zero-order chi connectivity index (χ0) is 45.3. The van der Waals surface area contributed by atoms with Crippen molar-refractivity contribution in [3.63, 3.8) is 0 Å². The monoisotopic (exact) mass is 920 g/mol. The standard InChI is InChI=1S/C51H56N2O12S/c54-20-3-21-61-43-16-9-39(10-17-43)8-11-40-12-13-41(51-50(40)52-66-53-51)14-15-42-38-44-18-19-47(42)63-35-31-58-27-23-56-25-29-60-33-37-65-49-7-2-4-45-46(49)5-1-6-48(45)64-36-32-59-28-24-55-22-26-57-30-34-62-44/h1-2,4-7,9-10,12-13,16-19,38,52-54H,3,20-37H2. The minimum absolute atomic E-state index is 0.0958. The molecule has 66 heavy (non-hydrogen) atoms. The van der Waals surface area contributed by atoms with Crippen molar-refractivity contribution in [1.82, 2.24) is 0 Å². The second-order valence-electron chi connectivity index (χ2n) is 14.5. The summed E-state index contributed by atoms with van der Waals surface area (Å²) in [6.45, 7) is 7.11. The molecule has 0 saturated carbocycles. The number of anilines is 2. The van der Waals surface area contributed by atoms with E-state index in [0.717, 1.165) is 56.1 Å². The number of ether oxygens (including phenoxy) is 11. The minimum atomic E-state index is 0.0958. The molecular weight excluding hydrogens is 865 g/mol. The summed E-state index contributed by atoms with van der Waals surface area (Å²) in [5.74, 6) is 16.7. The maximum Gasteiger partial charge on any atom is 0.135 e. The molecular formula is C51H56N2O12S. The van der Waals surface area contributed by atoms with Gasteiger partial charge in [-0.3, -0.25) is 0 Å². The lowest BCUT2D eigenvalue weighted by Gasteiger charge is -2.13. The minimum Gasteiger partial charge on any atom is -0.494 e. The molecule has 0 saturated heterocycles. The lowest BCUT2D eigenvalue weighted by Crippen LogP contribution is -2.14. The van der Waals surface area contributed by atoms with Gasteiger partial charge in [-0.1, -0.05) is 47.9 Å². The Balaban J connectivity index is 0.939. The highest BCUT2D eigenvalue weighted by atomic mass is 32.2. The molecule has 15 heteroatoms. The van der Waals surface area contributed by atoms with E-state index in [2.05, 4.69) is 33.1 Å². The van der Waals surface area contributed by atoms with Crippen molar-refractivity contribution in [3.8, 4) is 52.4 Å². The van der Waals surface area contributed by atoms with Gasteiger partial charge in [0.05, 0.1) is 126 Å². The summed E-state index contributed by atoms with van der Waals surface area (Å²) in [5.41, 5.74) is 4.85. The largest absolute Gasteiger partial charge is 0.494 e. The van der Waals surface area contributed by atoms with E-state index in [9.17, 15) is 0 Å². The van der Waals surface area contributed by atoms with Crippen molar-refractivity contribution in [2.75, 3.05) is 128 Å². The fraction of sp³-hybridized carbons (Fsp3) is 0.373. The SMILES string of the molecule is OCCCOc1ccc(C#Cc2ccc(C#Cc3cc4ccc3OCCOCCOCCOCCOc3cccc5c(cccc35)OCCOCCOCCOCCO4)c3c2NSN3)cc1. The number of aliphatic hydroxyl groups is 1. The number of hydrogen-bond acceptors (Lipinski definition) is 15. The molecule has 5 aromatic rings. The Morgan fingerprint density at radius 2 is 0.939 bits per heavy atom. The number of benzene rings is 5. The molecule has 0 fully saturated rings. The third-order valence-corrected chi connectivity index (χ3v) is 10.5. The van der Waals surface area contributed by atoms with Gasteiger partial charge in [-0.25, -0.2) is 0 Å². The van der Waals surface area contributed by atoms with Gasteiger partial charge < -0.3 is 66.7 Å². The fourth-order valence-electron chi connectivity index (χ4n) is 6.57. The number of hydrogen-bond donors (Lipinski definition) is 3. The van der Waals surface area contributed by atoms with Gasteiger partial charge in [-0.15, -0.1) is 0 Å². The maximum absolute atomic E-state index is 9.00. The van der Waals surface area contributed by atoms with Gasteiger partial charge in [0.1, 0.15) is 55.2 Å². The van der Waals surface area contributed by atoms with Crippen LogP contribution in [0.15, 0.2) is 91.0 Å². The highest BCUT2D eigenvalue weighted by molar-refractivity contribution is 8.02. The summed E-state index contributed by atoms with van der Waals surface area (Å²) < 4.78 is 71.0. The zero-order valence-electron chi connectivity index (χ0n) is 36.9. The molecule has 14 nitrogen and oxygen atoms in total. The Labute approximate surface area is 390 Å². The third-order valence-electron chi connectivity index (χ3n) is 9.84. The molecule has 348 valence electrons. The van der Waals surface area contributed by atoms with Gasteiger partial charge in [-0.2, -0.15) is 0 Å². The van der Waals surface area contributed by atoms with Crippen molar-refractivity contribution < 1.29 is 57.2 Å². The Morgan fingerprint density at radius 3 is 1.47 bits per heavy atom. The van der Waals surface area contributed by atoms with Crippen LogP contribution in [0.5, 0.6) is 28.7 Å². The first-order valence-electron chi connectivity index (χ1n) is 22.1. The van der Waals surface area contributed by atoms with Crippen LogP contribution < -0.4 is 33.1 Å². The van der Waals surface area contributed by atoms with E-state index >= 15 is 0 Å². The highest BCUT2D eigenvalue weighted by Crippen LogP contribution is 2.39. The van der Waals surface area contributed by atoms with E-state index in [1.165, 1.54) is 12.1 Å². The van der Waals surface area contributed by atoms with E-state index in [1.54, 1.807) is 0 Å². The van der Waals surface area contributed by atoms with Gasteiger partial charge in [0.2, 0.25) is 0 Å². The van der Waals surface area contributed by atoms with E-state index < -0.39 is 0 Å². The molecule has 6 bridgehead atoms. The summed E-state index contributed by atoms with van der Waals surface area (Å²) in [6.07, 6.45) is 0.585. The first kappa shape index (κ1) is 48.1. The van der Waals surface area contributed by atoms with Crippen LogP contribution in [0.3, 0.4) is 0 Å². The molecule has 0 atom stereocenters. The van der Waals surface area contributed by atoms with Crippen LogP contribution in [-0.2, 0) is 28.4 Å². The molecule has 8 rings (SSSR count). The number of fused-ring (bicyclic) bond motifs is 27. The molecule has 0 amide bonds. The van der Waals surface area contributed by atoms with Crippen molar-refractivity contribution in [2.24, 2.45) is 0 Å². The van der Waals surface area contributed by atoms with Crippen LogP contribution in [0.2, 0.25) is 0 Å². The van der Waals surface area contributed by atoms with Crippen molar-refractivity contribution in [3.05, 3.63) is 113 Å². The number of nitrogens with one attached hydrogen (secondary N) is 2. The third kappa shape index (κ3) is 15.4. The summed E-state index contributed by atoms with van der Waals surface area (Å²) >= 11 is 1.36. The molecule has 3 N–H and O–H groups in total. The average Bonchev–Trinajstić information content (AvgIpc) is 3.85. The Hall–Kier alpha value is -5.85. The molecule has 0 aliphatic carbocycles. The van der Waals surface area contributed by atoms with Crippen LogP contribution in [0.25, 0.3) is 10.8 Å². The predicted octanol–water partition coefficient (Wildman–Crippen LogP) is 7.13. The summed E-state index contributed by atoms with van der Waals surface area (Å²) in [4.78, 5) is 0. The lowest BCUT2D eigenvalue weighted by molar-refractivity contribution is 0.00483. The average molecular weight is 921 g/mol. The molecule has 0 unspecified atom stereocenters. The highest BCUT2D eigenvalue weighted by Gasteiger charge is 2.18. The Morgan fingerprint density at radius 1 is 0.470 bits per heavy atom. The first-order chi connectivity index (χ1) is 32.7. The van der Waals surface area contributed by atoms with Gasteiger partial charge in [0, 0.05) is 29.4 Å². The van der Waals surface area contributed by atoms with Gasteiger partial charge in [-0.05, 0) is 66.7 Å². The molecule has 3 aliphatic rings. The molecule has 0 spiro atoms. The van der Waals surface area contributed by atoms with Crippen LogP contribution >= 0.6 is 12.1 Å². The van der Waals surface area contributed by atoms with E-state index in [4.69, 9.17) is 57.2 Å². The number of aliphatic hydroxyl groups excluding tert-OH is 1. The van der Waals surface area contributed by atoms with Crippen LogP contribution in [0, 0.1) is 23.7 Å². The second-order valence-corrected chi connectivity index (χ2v) is 15.1. The van der Waals surface area contributed by atoms with Gasteiger partial charge in [0.15, 0.2) is 0 Å². The lowest BCUT2D eigenvalue weighted by atomic mass is 10.1. The van der Waals surface area contributed by atoms with E-state index in [0.29, 0.717) is 136 Å². The van der Waals surface area contributed by atoms with E-state index in [-0.39, 0.29) is 6.61 Å². The van der Waals surface area contributed by atoms with Gasteiger partial charge >= 0.3 is 0 Å². The maximum atomic E-state index is 9.00. The normalized spacial score (nSPS) is 16.1.